The highest BCUT2D eigenvalue weighted by Crippen LogP contribution is 2.38. The Labute approximate surface area is 154 Å². The molecule has 132 valence electrons. The molecule has 0 radical (unpaired) electrons. The summed E-state index contributed by atoms with van der Waals surface area (Å²) in [5.74, 6) is -0.886. The topological polar surface area (TPSA) is 134 Å². The minimum atomic E-state index is -4.08. The monoisotopic (exact) mass is 387 g/mol. The van der Waals surface area contributed by atoms with Crippen molar-refractivity contribution in [3.63, 3.8) is 0 Å². The summed E-state index contributed by atoms with van der Waals surface area (Å²) in [7, 11) is -4.08. The van der Waals surface area contributed by atoms with E-state index in [4.69, 9.17) is 15.7 Å². The lowest BCUT2D eigenvalue weighted by Gasteiger charge is -2.05. The van der Waals surface area contributed by atoms with E-state index in [-0.39, 0.29) is 37.4 Å². The SMILES string of the molecule is CCOC(=O)/C(C#N)=C/c1sc(N)c(C#N)c1S(=O)(=O)c1ccccc1. The van der Waals surface area contributed by atoms with Crippen LogP contribution >= 0.6 is 11.3 Å². The molecule has 9 heteroatoms. The second-order valence-corrected chi connectivity index (χ2v) is 7.82. The van der Waals surface area contributed by atoms with Gasteiger partial charge in [-0.15, -0.1) is 11.3 Å². The first kappa shape index (κ1) is 19.2. The van der Waals surface area contributed by atoms with Crippen LogP contribution in [0.3, 0.4) is 0 Å². The molecule has 1 aromatic heterocycles. The molecule has 1 aromatic carbocycles. The summed E-state index contributed by atoms with van der Waals surface area (Å²) in [6.45, 7) is 1.64. The summed E-state index contributed by atoms with van der Waals surface area (Å²) in [6, 6.07) is 11.0. The number of esters is 1. The quantitative estimate of drug-likeness (QED) is 0.473. The first-order valence-corrected chi connectivity index (χ1v) is 9.58. The molecule has 2 aromatic rings. The number of thiophene rings is 1. The van der Waals surface area contributed by atoms with Crippen LogP contribution in [0, 0.1) is 22.7 Å². The predicted molar refractivity (Wildman–Crippen MR) is 95.6 cm³/mol. The molecule has 0 aliphatic heterocycles. The van der Waals surface area contributed by atoms with E-state index in [9.17, 15) is 18.5 Å². The van der Waals surface area contributed by atoms with Gasteiger partial charge in [-0.05, 0) is 25.1 Å². The Morgan fingerprint density at radius 2 is 1.96 bits per heavy atom. The van der Waals surface area contributed by atoms with Crippen molar-refractivity contribution < 1.29 is 17.9 Å². The number of ether oxygens (including phenoxy) is 1. The van der Waals surface area contributed by atoms with Crippen LogP contribution in [0.2, 0.25) is 0 Å². The van der Waals surface area contributed by atoms with E-state index >= 15 is 0 Å². The number of nitrogens with two attached hydrogens (primary N) is 1. The smallest absolute Gasteiger partial charge is 0.348 e. The van der Waals surface area contributed by atoms with Crippen LogP contribution in [-0.4, -0.2) is 21.0 Å². The standard InChI is InChI=1S/C17H13N3O4S2/c1-2-24-17(21)11(9-18)8-14-15(13(10-19)16(20)25-14)26(22,23)12-6-4-3-5-7-12/h3-8H,2,20H2,1H3/b11-8+. The highest BCUT2D eigenvalue weighted by atomic mass is 32.2. The van der Waals surface area contributed by atoms with E-state index in [0.29, 0.717) is 0 Å². The minimum absolute atomic E-state index is 0.0191. The third-order valence-electron chi connectivity index (χ3n) is 3.24. The van der Waals surface area contributed by atoms with Crippen molar-refractivity contribution in [1.82, 2.24) is 0 Å². The Balaban J connectivity index is 2.74. The third kappa shape index (κ3) is 3.59. The number of nitrogens with zero attached hydrogens (tertiary/aromatic N) is 2. The number of carbonyl (C=O) groups excluding carboxylic acids is 1. The van der Waals surface area contributed by atoms with Crippen molar-refractivity contribution in [2.24, 2.45) is 0 Å². The molecule has 0 spiro atoms. The first-order chi connectivity index (χ1) is 12.4. The van der Waals surface area contributed by atoms with E-state index in [1.165, 1.54) is 12.1 Å². The summed E-state index contributed by atoms with van der Waals surface area (Å²) in [5, 5.41) is 18.5. The van der Waals surface area contributed by atoms with Gasteiger partial charge in [0.15, 0.2) is 0 Å². The van der Waals surface area contributed by atoms with Crippen LogP contribution in [0.4, 0.5) is 5.00 Å². The molecule has 7 nitrogen and oxygen atoms in total. The number of nitriles is 2. The highest BCUT2D eigenvalue weighted by Gasteiger charge is 2.29. The number of sulfone groups is 1. The van der Waals surface area contributed by atoms with Gasteiger partial charge in [0.05, 0.1) is 16.4 Å². The molecule has 0 atom stereocenters. The lowest BCUT2D eigenvalue weighted by Crippen LogP contribution is -2.07. The Morgan fingerprint density at radius 1 is 1.31 bits per heavy atom. The molecule has 0 amide bonds. The van der Waals surface area contributed by atoms with Crippen molar-refractivity contribution in [2.75, 3.05) is 12.3 Å². The molecule has 26 heavy (non-hydrogen) atoms. The molecule has 2 rings (SSSR count). The van der Waals surface area contributed by atoms with E-state index in [1.54, 1.807) is 37.3 Å². The molecule has 2 N–H and O–H groups in total. The molecule has 0 saturated heterocycles. The van der Waals surface area contributed by atoms with Gasteiger partial charge in [-0.1, -0.05) is 18.2 Å². The summed E-state index contributed by atoms with van der Waals surface area (Å²) in [6.07, 6.45) is 1.08. The Morgan fingerprint density at radius 3 is 2.50 bits per heavy atom. The first-order valence-electron chi connectivity index (χ1n) is 7.28. The van der Waals surface area contributed by atoms with Crippen molar-refractivity contribution in [3.05, 3.63) is 46.3 Å². The zero-order chi connectivity index (χ0) is 19.3. The van der Waals surface area contributed by atoms with Gasteiger partial charge in [-0.2, -0.15) is 10.5 Å². The van der Waals surface area contributed by atoms with Gasteiger partial charge in [-0.25, -0.2) is 13.2 Å². The van der Waals surface area contributed by atoms with Crippen LogP contribution in [0.25, 0.3) is 6.08 Å². The van der Waals surface area contributed by atoms with Crippen molar-refractivity contribution in [2.45, 2.75) is 16.7 Å². The van der Waals surface area contributed by atoms with Gasteiger partial charge >= 0.3 is 5.97 Å². The minimum Gasteiger partial charge on any atom is -0.462 e. The zero-order valence-electron chi connectivity index (χ0n) is 13.6. The van der Waals surface area contributed by atoms with Gasteiger partial charge in [0.1, 0.15) is 33.2 Å². The molecular weight excluding hydrogens is 374 g/mol. The van der Waals surface area contributed by atoms with Crippen LogP contribution in [0.15, 0.2) is 45.7 Å². The molecule has 0 fully saturated rings. The number of rotatable bonds is 5. The molecule has 1 heterocycles. The van der Waals surface area contributed by atoms with E-state index in [1.807, 2.05) is 0 Å². The Hall–Kier alpha value is -3.14. The van der Waals surface area contributed by atoms with Gasteiger partial charge in [0, 0.05) is 0 Å². The number of hydrogen-bond donors (Lipinski definition) is 1. The third-order valence-corrected chi connectivity index (χ3v) is 6.19. The second-order valence-electron chi connectivity index (χ2n) is 4.85. The fourth-order valence-corrected chi connectivity index (χ4v) is 4.99. The number of hydrogen-bond acceptors (Lipinski definition) is 8. The van der Waals surface area contributed by atoms with Crippen LogP contribution in [0.1, 0.15) is 17.4 Å². The van der Waals surface area contributed by atoms with Gasteiger partial charge < -0.3 is 10.5 Å². The maximum atomic E-state index is 13.0. The molecular formula is C17H13N3O4S2. The average Bonchev–Trinajstić information content (AvgIpc) is 2.96. The maximum Gasteiger partial charge on any atom is 0.348 e. The number of carbonyl (C=O) groups is 1. The fourth-order valence-electron chi connectivity index (χ4n) is 2.11. The maximum absolute atomic E-state index is 13.0. The fraction of sp³-hybridized carbons (Fsp3) is 0.118. The lowest BCUT2D eigenvalue weighted by atomic mass is 10.2. The molecule has 0 aliphatic carbocycles. The zero-order valence-corrected chi connectivity index (χ0v) is 15.2. The average molecular weight is 387 g/mol. The van der Waals surface area contributed by atoms with Crippen molar-refractivity contribution in [1.29, 1.82) is 10.5 Å². The number of nitrogen functional groups attached to an aromatic ring is 1. The Kier molecular flexibility index (Phi) is 5.78. The summed E-state index contributed by atoms with van der Waals surface area (Å²) in [4.78, 5) is 11.5. The number of anilines is 1. The molecule has 0 aliphatic rings. The van der Waals surface area contributed by atoms with Crippen LogP contribution < -0.4 is 5.73 Å². The largest absolute Gasteiger partial charge is 0.462 e. The van der Waals surface area contributed by atoms with Gasteiger partial charge in [-0.3, -0.25) is 0 Å². The summed E-state index contributed by atoms with van der Waals surface area (Å²) >= 11 is 0.807. The van der Waals surface area contributed by atoms with Crippen LogP contribution in [0.5, 0.6) is 0 Å². The van der Waals surface area contributed by atoms with E-state index < -0.39 is 15.8 Å². The molecule has 0 bridgehead atoms. The van der Waals surface area contributed by atoms with E-state index in [0.717, 1.165) is 17.4 Å². The number of benzene rings is 1. The van der Waals surface area contributed by atoms with Crippen molar-refractivity contribution in [3.8, 4) is 12.1 Å². The van der Waals surface area contributed by atoms with Crippen molar-refractivity contribution >= 4 is 38.2 Å². The van der Waals surface area contributed by atoms with Gasteiger partial charge in [0.25, 0.3) is 0 Å². The van der Waals surface area contributed by atoms with Crippen LogP contribution in [-0.2, 0) is 19.4 Å². The lowest BCUT2D eigenvalue weighted by molar-refractivity contribution is -0.137. The predicted octanol–water partition coefficient (Wildman–Crippen LogP) is 2.50. The van der Waals surface area contributed by atoms with E-state index in [2.05, 4.69) is 0 Å². The summed E-state index contributed by atoms with van der Waals surface area (Å²) in [5.41, 5.74) is 5.18. The van der Waals surface area contributed by atoms with Gasteiger partial charge in [0.2, 0.25) is 9.84 Å². The highest BCUT2D eigenvalue weighted by molar-refractivity contribution is 7.91. The summed E-state index contributed by atoms with van der Waals surface area (Å²) < 4.78 is 30.7. The normalized spacial score (nSPS) is 11.4. The Bertz CT molecular complexity index is 1060. The second kappa shape index (κ2) is 7.83. The molecule has 0 unspecified atom stereocenters. The molecule has 0 saturated carbocycles.